The predicted molar refractivity (Wildman–Crippen MR) is 121 cm³/mol. The Kier molecular flexibility index (Phi) is 8.85. The summed E-state index contributed by atoms with van der Waals surface area (Å²) in [6.45, 7) is 1.47. The van der Waals surface area contributed by atoms with E-state index in [2.05, 4.69) is 15.6 Å². The van der Waals surface area contributed by atoms with E-state index in [4.69, 9.17) is 24.8 Å². The predicted octanol–water partition coefficient (Wildman–Crippen LogP) is 3.99. The van der Waals surface area contributed by atoms with Gasteiger partial charge in [-0.05, 0) is 29.8 Å². The van der Waals surface area contributed by atoms with Crippen LogP contribution in [0.4, 0.5) is 5.82 Å². The molecule has 0 fully saturated rings. The fourth-order valence-electron chi connectivity index (χ4n) is 2.72. The molecule has 4 N–H and O–H groups in total. The van der Waals surface area contributed by atoms with Crippen LogP contribution in [0.2, 0.25) is 0 Å². The summed E-state index contributed by atoms with van der Waals surface area (Å²) >= 11 is 0. The third-order valence-electron chi connectivity index (χ3n) is 4.10. The standard InChI is InChI=1S/C21H22N4O2.C2H4O2/c1-26-18-9-6-10-19(27-2)17(18)14-24-21(22)25-20-12-11-16(13-23-20)15-7-4-3-5-8-15;1-2(3)4/h3-13H,14H2,1-2H3,(H3,22,23,24,25);1H3,(H,3,4). The van der Waals surface area contributed by atoms with E-state index < -0.39 is 5.97 Å². The summed E-state index contributed by atoms with van der Waals surface area (Å²) < 4.78 is 10.7. The van der Waals surface area contributed by atoms with Gasteiger partial charge in [-0.25, -0.2) is 4.98 Å². The lowest BCUT2D eigenvalue weighted by atomic mass is 10.1. The quantitative estimate of drug-likeness (QED) is 0.350. The first kappa shape index (κ1) is 23.2. The van der Waals surface area contributed by atoms with E-state index in [0.29, 0.717) is 23.9 Å². The molecule has 0 aliphatic rings. The molecule has 31 heavy (non-hydrogen) atoms. The summed E-state index contributed by atoms with van der Waals surface area (Å²) in [5.74, 6) is 1.32. The van der Waals surface area contributed by atoms with Crippen LogP contribution in [-0.4, -0.2) is 36.2 Å². The van der Waals surface area contributed by atoms with E-state index in [1.54, 1.807) is 20.4 Å². The normalized spacial score (nSPS) is 9.65. The number of carboxylic acid groups (broad SMARTS) is 1. The number of aromatic nitrogens is 1. The van der Waals surface area contributed by atoms with Gasteiger partial charge in [-0.15, -0.1) is 0 Å². The molecular formula is C23H26N4O4. The molecule has 1 heterocycles. The molecule has 0 saturated carbocycles. The largest absolute Gasteiger partial charge is 0.496 e. The number of methoxy groups -OCH3 is 2. The number of benzene rings is 2. The van der Waals surface area contributed by atoms with Gasteiger partial charge in [0.2, 0.25) is 0 Å². The molecule has 8 heteroatoms. The Labute approximate surface area is 181 Å². The van der Waals surface area contributed by atoms with E-state index in [-0.39, 0.29) is 5.96 Å². The summed E-state index contributed by atoms with van der Waals surface area (Å²) in [4.78, 5) is 13.4. The smallest absolute Gasteiger partial charge is 0.300 e. The number of aliphatic carboxylic acids is 1. The van der Waals surface area contributed by atoms with Gasteiger partial charge >= 0.3 is 0 Å². The van der Waals surface area contributed by atoms with Crippen LogP contribution in [0.1, 0.15) is 12.5 Å². The van der Waals surface area contributed by atoms with Crippen molar-refractivity contribution < 1.29 is 19.4 Å². The van der Waals surface area contributed by atoms with E-state index in [0.717, 1.165) is 23.6 Å². The van der Waals surface area contributed by atoms with Gasteiger partial charge in [0.25, 0.3) is 5.97 Å². The van der Waals surface area contributed by atoms with Gasteiger partial charge < -0.3 is 25.2 Å². The van der Waals surface area contributed by atoms with Gasteiger partial charge in [0.1, 0.15) is 17.3 Å². The summed E-state index contributed by atoms with van der Waals surface area (Å²) in [6.07, 6.45) is 1.79. The lowest BCUT2D eigenvalue weighted by molar-refractivity contribution is -0.134. The Morgan fingerprint density at radius 2 is 1.58 bits per heavy atom. The highest BCUT2D eigenvalue weighted by atomic mass is 16.5. The number of rotatable bonds is 6. The van der Waals surface area contributed by atoms with Crippen LogP contribution in [0.5, 0.6) is 11.5 Å². The molecule has 1 aromatic heterocycles. The van der Waals surface area contributed by atoms with Crippen molar-refractivity contribution in [3.63, 3.8) is 0 Å². The van der Waals surface area contributed by atoms with E-state index in [1.165, 1.54) is 0 Å². The lowest BCUT2D eigenvalue weighted by Gasteiger charge is -2.15. The maximum absolute atomic E-state index is 9.00. The monoisotopic (exact) mass is 422 g/mol. The van der Waals surface area contributed by atoms with Crippen molar-refractivity contribution in [2.45, 2.75) is 13.5 Å². The molecular weight excluding hydrogens is 396 g/mol. The van der Waals surface area contributed by atoms with E-state index in [1.807, 2.05) is 60.7 Å². The topological polar surface area (TPSA) is 117 Å². The molecule has 0 amide bonds. The van der Waals surface area contributed by atoms with Crippen molar-refractivity contribution in [3.8, 4) is 22.6 Å². The second-order valence-corrected chi connectivity index (χ2v) is 6.31. The zero-order valence-corrected chi connectivity index (χ0v) is 17.7. The summed E-state index contributed by atoms with van der Waals surface area (Å²) in [6, 6.07) is 19.5. The number of nitrogens with zero attached hydrogens (tertiary/aromatic N) is 1. The molecule has 0 radical (unpaired) electrons. The fraction of sp³-hybridized carbons (Fsp3) is 0.174. The molecule has 0 unspecified atom stereocenters. The average molecular weight is 422 g/mol. The van der Waals surface area contributed by atoms with E-state index >= 15 is 0 Å². The van der Waals surface area contributed by atoms with Crippen LogP contribution in [-0.2, 0) is 11.3 Å². The summed E-state index contributed by atoms with van der Waals surface area (Å²) in [5.41, 5.74) is 2.98. The van der Waals surface area contributed by atoms with Crippen LogP contribution < -0.4 is 20.1 Å². The number of pyridine rings is 1. The highest BCUT2D eigenvalue weighted by Crippen LogP contribution is 2.27. The molecule has 0 spiro atoms. The highest BCUT2D eigenvalue weighted by molar-refractivity contribution is 5.90. The second kappa shape index (κ2) is 11.8. The van der Waals surface area contributed by atoms with Crippen LogP contribution >= 0.6 is 0 Å². The molecule has 162 valence electrons. The van der Waals surface area contributed by atoms with Crippen molar-refractivity contribution in [2.24, 2.45) is 0 Å². The molecule has 2 aromatic carbocycles. The molecule has 0 aliphatic carbocycles. The minimum Gasteiger partial charge on any atom is -0.496 e. The minimum absolute atomic E-state index is 0.142. The Morgan fingerprint density at radius 3 is 2.10 bits per heavy atom. The number of carbonyl (C=O) groups is 1. The molecule has 0 atom stereocenters. The second-order valence-electron chi connectivity index (χ2n) is 6.31. The molecule has 0 saturated heterocycles. The molecule has 3 rings (SSSR count). The van der Waals surface area contributed by atoms with Gasteiger partial charge in [0.15, 0.2) is 5.96 Å². The Bertz CT molecular complexity index is 966. The van der Waals surface area contributed by atoms with Gasteiger partial charge in [-0.2, -0.15) is 0 Å². The fourth-order valence-corrected chi connectivity index (χ4v) is 2.72. The number of hydrogen-bond donors (Lipinski definition) is 4. The number of carboxylic acids is 1. The zero-order chi connectivity index (χ0) is 22.6. The van der Waals surface area contributed by atoms with Gasteiger partial charge in [-0.1, -0.05) is 36.4 Å². The Hall–Kier alpha value is -4.07. The van der Waals surface area contributed by atoms with Crippen LogP contribution in [0.25, 0.3) is 11.1 Å². The summed E-state index contributed by atoms with van der Waals surface area (Å²) in [5, 5.41) is 21.5. The Morgan fingerprint density at radius 1 is 0.968 bits per heavy atom. The number of nitrogens with one attached hydrogen (secondary N) is 3. The van der Waals surface area contributed by atoms with Crippen LogP contribution in [0, 0.1) is 5.41 Å². The third-order valence-corrected chi connectivity index (χ3v) is 4.10. The average Bonchev–Trinajstić information content (AvgIpc) is 2.78. The van der Waals surface area contributed by atoms with Gasteiger partial charge in [-0.3, -0.25) is 10.2 Å². The van der Waals surface area contributed by atoms with Gasteiger partial charge in [0.05, 0.1) is 26.3 Å². The van der Waals surface area contributed by atoms with Crippen molar-refractivity contribution >= 4 is 17.7 Å². The van der Waals surface area contributed by atoms with Crippen molar-refractivity contribution in [2.75, 3.05) is 19.5 Å². The maximum Gasteiger partial charge on any atom is 0.300 e. The number of anilines is 1. The molecule has 3 aromatic rings. The van der Waals surface area contributed by atoms with Crippen LogP contribution in [0.3, 0.4) is 0 Å². The summed E-state index contributed by atoms with van der Waals surface area (Å²) in [7, 11) is 3.22. The molecule has 0 aliphatic heterocycles. The number of ether oxygens (including phenoxy) is 2. The maximum atomic E-state index is 9.00. The zero-order valence-electron chi connectivity index (χ0n) is 17.7. The SMILES string of the molecule is CC(=O)O.COc1cccc(OC)c1CNC(=N)Nc1ccc(-c2ccccc2)cn1. The first-order chi connectivity index (χ1) is 14.9. The third kappa shape index (κ3) is 7.36. The Balaban J connectivity index is 0.000000785. The highest BCUT2D eigenvalue weighted by Gasteiger charge is 2.10. The van der Waals surface area contributed by atoms with E-state index in [9.17, 15) is 0 Å². The lowest BCUT2D eigenvalue weighted by Crippen LogP contribution is -2.29. The van der Waals surface area contributed by atoms with Crippen LogP contribution in [0.15, 0.2) is 66.9 Å². The number of guanidine groups is 1. The number of hydrogen-bond acceptors (Lipinski definition) is 5. The van der Waals surface area contributed by atoms with Gasteiger partial charge in [0, 0.05) is 18.7 Å². The first-order valence-electron chi connectivity index (χ1n) is 9.45. The van der Waals surface area contributed by atoms with Crippen molar-refractivity contribution in [1.82, 2.24) is 10.3 Å². The molecule has 0 bridgehead atoms. The molecule has 8 nitrogen and oxygen atoms in total. The first-order valence-corrected chi connectivity index (χ1v) is 9.45. The van der Waals surface area contributed by atoms with Crippen molar-refractivity contribution in [1.29, 1.82) is 5.41 Å². The van der Waals surface area contributed by atoms with Crippen molar-refractivity contribution in [3.05, 3.63) is 72.4 Å². The minimum atomic E-state index is -0.833.